The molecule has 1 heterocycles. The number of nitrogens with one attached hydrogen (secondary N) is 1. The van der Waals surface area contributed by atoms with Crippen molar-refractivity contribution >= 4 is 17.3 Å². The first-order chi connectivity index (χ1) is 7.06. The van der Waals surface area contributed by atoms with Crippen molar-refractivity contribution in [2.75, 3.05) is 7.11 Å². The van der Waals surface area contributed by atoms with E-state index in [2.05, 4.69) is 35.3 Å². The van der Waals surface area contributed by atoms with Crippen LogP contribution < -0.4 is 5.32 Å². The maximum absolute atomic E-state index is 11.2. The van der Waals surface area contributed by atoms with Crippen LogP contribution in [0, 0.1) is 6.92 Å². The minimum atomic E-state index is -0.272. The van der Waals surface area contributed by atoms with Gasteiger partial charge in [0.25, 0.3) is 0 Å². The van der Waals surface area contributed by atoms with Crippen LogP contribution in [0.15, 0.2) is 11.4 Å². The summed E-state index contributed by atoms with van der Waals surface area (Å²) in [5.74, 6) is -0.226. The maximum atomic E-state index is 11.2. The van der Waals surface area contributed by atoms with Crippen LogP contribution in [0.4, 0.5) is 0 Å². The summed E-state index contributed by atoms with van der Waals surface area (Å²) in [6.07, 6.45) is 0. The molecular weight excluding hydrogens is 210 g/mol. The van der Waals surface area contributed by atoms with Gasteiger partial charge in [-0.3, -0.25) is 10.1 Å². The second kappa shape index (κ2) is 5.28. The zero-order valence-corrected chi connectivity index (χ0v) is 10.4. The Morgan fingerprint density at radius 1 is 1.53 bits per heavy atom. The van der Waals surface area contributed by atoms with Crippen LogP contribution in [0.1, 0.15) is 30.3 Å². The van der Waals surface area contributed by atoms with Crippen molar-refractivity contribution in [3.05, 3.63) is 21.9 Å². The smallest absolute Gasteiger partial charge is 0.322 e. The van der Waals surface area contributed by atoms with Gasteiger partial charge < -0.3 is 4.74 Å². The van der Waals surface area contributed by atoms with E-state index in [1.807, 2.05) is 6.92 Å². The van der Waals surface area contributed by atoms with Gasteiger partial charge in [0.15, 0.2) is 0 Å². The van der Waals surface area contributed by atoms with Gasteiger partial charge in [0.05, 0.1) is 7.11 Å². The van der Waals surface area contributed by atoms with Crippen LogP contribution >= 0.6 is 11.3 Å². The number of hydrogen-bond donors (Lipinski definition) is 1. The summed E-state index contributed by atoms with van der Waals surface area (Å²) in [5, 5.41) is 5.27. The summed E-state index contributed by atoms with van der Waals surface area (Å²) < 4.78 is 4.66. The average Bonchev–Trinajstić information content (AvgIpc) is 2.63. The Hall–Kier alpha value is -0.870. The highest BCUT2D eigenvalue weighted by Crippen LogP contribution is 2.23. The highest BCUT2D eigenvalue weighted by Gasteiger charge is 2.17. The molecule has 4 heteroatoms. The molecular formula is C11H17NO2S. The zero-order chi connectivity index (χ0) is 11.4. The van der Waals surface area contributed by atoms with Gasteiger partial charge in [-0.05, 0) is 37.8 Å². The van der Waals surface area contributed by atoms with E-state index in [-0.39, 0.29) is 18.1 Å². The summed E-state index contributed by atoms with van der Waals surface area (Å²) in [6.45, 7) is 5.94. The summed E-state index contributed by atoms with van der Waals surface area (Å²) in [7, 11) is 1.40. The standard InChI is InChI=1S/C11H17NO2S/c1-7-5-6-15-10(7)8(2)12-9(3)11(13)14-4/h5-6,8-9,12H,1-4H3. The number of aryl methyl sites for hydroxylation is 1. The lowest BCUT2D eigenvalue weighted by molar-refractivity contribution is -0.142. The fourth-order valence-electron chi connectivity index (χ4n) is 1.52. The van der Waals surface area contributed by atoms with Crippen LogP contribution in [0.2, 0.25) is 0 Å². The van der Waals surface area contributed by atoms with Crippen molar-refractivity contribution in [2.45, 2.75) is 32.9 Å². The van der Waals surface area contributed by atoms with Gasteiger partial charge >= 0.3 is 5.97 Å². The van der Waals surface area contributed by atoms with E-state index in [0.717, 1.165) is 0 Å². The first kappa shape index (κ1) is 12.2. The van der Waals surface area contributed by atoms with Gasteiger partial charge in [-0.25, -0.2) is 0 Å². The fraction of sp³-hybridized carbons (Fsp3) is 0.545. The number of methoxy groups -OCH3 is 1. The molecule has 0 aromatic carbocycles. The minimum absolute atomic E-state index is 0.180. The molecule has 0 radical (unpaired) electrons. The third kappa shape index (κ3) is 3.04. The zero-order valence-electron chi connectivity index (χ0n) is 9.53. The number of carbonyl (C=O) groups excluding carboxylic acids is 1. The molecule has 0 aliphatic heterocycles. The molecule has 1 aromatic rings. The molecule has 0 bridgehead atoms. The quantitative estimate of drug-likeness (QED) is 0.802. The summed E-state index contributed by atoms with van der Waals surface area (Å²) in [6, 6.07) is 1.99. The molecule has 0 saturated heterocycles. The molecule has 0 saturated carbocycles. The predicted octanol–water partition coefficient (Wildman–Crippen LogP) is 2.27. The molecule has 2 atom stereocenters. The Morgan fingerprint density at radius 3 is 2.67 bits per heavy atom. The van der Waals surface area contributed by atoms with Gasteiger partial charge in [0.1, 0.15) is 6.04 Å². The van der Waals surface area contributed by atoms with Crippen molar-refractivity contribution in [1.29, 1.82) is 0 Å². The van der Waals surface area contributed by atoms with Crippen molar-refractivity contribution < 1.29 is 9.53 Å². The van der Waals surface area contributed by atoms with E-state index >= 15 is 0 Å². The number of hydrogen-bond acceptors (Lipinski definition) is 4. The van der Waals surface area contributed by atoms with Crippen molar-refractivity contribution in [3.8, 4) is 0 Å². The largest absolute Gasteiger partial charge is 0.468 e. The van der Waals surface area contributed by atoms with Gasteiger partial charge in [0, 0.05) is 10.9 Å². The highest BCUT2D eigenvalue weighted by molar-refractivity contribution is 7.10. The predicted molar refractivity (Wildman–Crippen MR) is 62.1 cm³/mol. The fourth-order valence-corrected chi connectivity index (χ4v) is 2.47. The Bertz CT molecular complexity index is 335. The van der Waals surface area contributed by atoms with E-state index in [1.54, 1.807) is 11.3 Å². The number of ether oxygens (including phenoxy) is 1. The van der Waals surface area contributed by atoms with E-state index < -0.39 is 0 Å². The highest BCUT2D eigenvalue weighted by atomic mass is 32.1. The lowest BCUT2D eigenvalue weighted by Gasteiger charge is -2.17. The summed E-state index contributed by atoms with van der Waals surface area (Å²) in [4.78, 5) is 12.5. The van der Waals surface area contributed by atoms with E-state index in [0.29, 0.717) is 0 Å². The molecule has 2 unspecified atom stereocenters. The van der Waals surface area contributed by atoms with Crippen LogP contribution in [-0.4, -0.2) is 19.1 Å². The molecule has 84 valence electrons. The third-order valence-electron chi connectivity index (χ3n) is 2.35. The molecule has 3 nitrogen and oxygen atoms in total. The monoisotopic (exact) mass is 227 g/mol. The number of esters is 1. The first-order valence-corrected chi connectivity index (χ1v) is 5.82. The van der Waals surface area contributed by atoms with Crippen molar-refractivity contribution in [2.24, 2.45) is 0 Å². The molecule has 0 amide bonds. The lowest BCUT2D eigenvalue weighted by Crippen LogP contribution is -2.36. The van der Waals surface area contributed by atoms with Crippen LogP contribution in [0.5, 0.6) is 0 Å². The molecule has 1 rings (SSSR count). The molecule has 0 aliphatic rings. The maximum Gasteiger partial charge on any atom is 0.322 e. The van der Waals surface area contributed by atoms with Gasteiger partial charge in [-0.15, -0.1) is 11.3 Å². The van der Waals surface area contributed by atoms with Crippen LogP contribution in [0.3, 0.4) is 0 Å². The first-order valence-electron chi connectivity index (χ1n) is 4.94. The Kier molecular flexibility index (Phi) is 4.29. The third-order valence-corrected chi connectivity index (χ3v) is 3.55. The van der Waals surface area contributed by atoms with Gasteiger partial charge in [-0.2, -0.15) is 0 Å². The van der Waals surface area contributed by atoms with E-state index in [1.165, 1.54) is 17.6 Å². The summed E-state index contributed by atoms with van der Waals surface area (Å²) in [5.41, 5.74) is 1.26. The number of rotatable bonds is 4. The lowest BCUT2D eigenvalue weighted by atomic mass is 10.1. The topological polar surface area (TPSA) is 38.3 Å². The van der Waals surface area contributed by atoms with Gasteiger partial charge in [-0.1, -0.05) is 0 Å². The molecule has 0 fully saturated rings. The van der Waals surface area contributed by atoms with Crippen LogP contribution in [-0.2, 0) is 9.53 Å². The summed E-state index contributed by atoms with van der Waals surface area (Å²) >= 11 is 1.70. The van der Waals surface area contributed by atoms with Crippen molar-refractivity contribution in [1.82, 2.24) is 5.32 Å². The second-order valence-corrected chi connectivity index (χ2v) is 4.55. The normalized spacial score (nSPS) is 14.7. The van der Waals surface area contributed by atoms with Gasteiger partial charge in [0.2, 0.25) is 0 Å². The Labute approximate surface area is 94.5 Å². The van der Waals surface area contributed by atoms with E-state index in [9.17, 15) is 4.79 Å². The average molecular weight is 227 g/mol. The Morgan fingerprint density at radius 2 is 2.20 bits per heavy atom. The second-order valence-electron chi connectivity index (χ2n) is 3.60. The van der Waals surface area contributed by atoms with Crippen LogP contribution in [0.25, 0.3) is 0 Å². The van der Waals surface area contributed by atoms with Crippen molar-refractivity contribution in [3.63, 3.8) is 0 Å². The number of carbonyl (C=O) groups is 1. The molecule has 0 aliphatic carbocycles. The molecule has 15 heavy (non-hydrogen) atoms. The van der Waals surface area contributed by atoms with E-state index in [4.69, 9.17) is 0 Å². The Balaban J connectivity index is 2.60. The molecule has 1 N–H and O–H groups in total. The molecule has 0 spiro atoms. The molecule has 1 aromatic heterocycles. The SMILES string of the molecule is COC(=O)C(C)NC(C)c1sccc1C. The minimum Gasteiger partial charge on any atom is -0.468 e. The number of thiophene rings is 1.